The molecule has 2 aromatic rings. The summed E-state index contributed by atoms with van der Waals surface area (Å²) in [6, 6.07) is 6.71. The van der Waals surface area contributed by atoms with Crippen molar-refractivity contribution in [3.05, 3.63) is 47.5 Å². The molecular formula is C17H15NO6. The predicted molar refractivity (Wildman–Crippen MR) is 85.4 cm³/mol. The van der Waals surface area contributed by atoms with Crippen LogP contribution in [0, 0.1) is 0 Å². The highest BCUT2D eigenvalue weighted by molar-refractivity contribution is 6.12. The molecule has 1 aromatic heterocycles. The zero-order chi connectivity index (χ0) is 17.1. The Morgan fingerprint density at radius 3 is 2.38 bits per heavy atom. The Morgan fingerprint density at radius 2 is 1.75 bits per heavy atom. The van der Waals surface area contributed by atoms with Crippen LogP contribution in [0.1, 0.15) is 11.3 Å². The smallest absolute Gasteiger partial charge is 0.363 e. The zero-order valence-corrected chi connectivity index (χ0v) is 13.4. The van der Waals surface area contributed by atoms with Crippen LogP contribution < -0.4 is 14.2 Å². The molecule has 0 fully saturated rings. The van der Waals surface area contributed by atoms with Crippen molar-refractivity contribution in [2.24, 2.45) is 4.99 Å². The van der Waals surface area contributed by atoms with Crippen LogP contribution in [0.2, 0.25) is 0 Å². The monoisotopic (exact) mass is 329 g/mol. The van der Waals surface area contributed by atoms with Gasteiger partial charge in [0.25, 0.3) is 5.90 Å². The molecule has 1 aliphatic heterocycles. The summed E-state index contributed by atoms with van der Waals surface area (Å²) in [5, 5.41) is 0. The van der Waals surface area contributed by atoms with E-state index in [0.29, 0.717) is 28.6 Å². The van der Waals surface area contributed by atoms with Crippen LogP contribution in [0.5, 0.6) is 17.2 Å². The van der Waals surface area contributed by atoms with Gasteiger partial charge in [0.15, 0.2) is 23.0 Å². The summed E-state index contributed by atoms with van der Waals surface area (Å²) in [6.45, 7) is 0. The third kappa shape index (κ3) is 2.83. The Kier molecular flexibility index (Phi) is 4.24. The minimum Gasteiger partial charge on any atom is -0.496 e. The van der Waals surface area contributed by atoms with Crippen molar-refractivity contribution in [3.63, 3.8) is 0 Å². The number of cyclic esters (lactones) is 1. The normalized spacial score (nSPS) is 15.2. The Hall–Kier alpha value is -3.22. The molecule has 7 heteroatoms. The van der Waals surface area contributed by atoms with Crippen molar-refractivity contribution in [2.45, 2.75) is 0 Å². The maximum Gasteiger partial charge on any atom is 0.363 e. The van der Waals surface area contributed by atoms with E-state index in [1.165, 1.54) is 27.6 Å². The number of esters is 1. The minimum atomic E-state index is -0.571. The van der Waals surface area contributed by atoms with Gasteiger partial charge in [0.1, 0.15) is 5.75 Å². The summed E-state index contributed by atoms with van der Waals surface area (Å²) < 4.78 is 26.1. The molecule has 124 valence electrons. The fourth-order valence-electron chi connectivity index (χ4n) is 2.23. The molecule has 0 saturated heterocycles. The number of carbonyl (C=O) groups is 1. The predicted octanol–water partition coefficient (Wildman–Crippen LogP) is 2.65. The second-order valence-electron chi connectivity index (χ2n) is 4.76. The average Bonchev–Trinajstić information content (AvgIpc) is 3.24. The van der Waals surface area contributed by atoms with Crippen molar-refractivity contribution in [2.75, 3.05) is 21.3 Å². The first-order chi connectivity index (χ1) is 11.7. The summed E-state index contributed by atoms with van der Waals surface area (Å²) >= 11 is 0. The van der Waals surface area contributed by atoms with Crippen LogP contribution in [-0.4, -0.2) is 33.2 Å². The number of furan rings is 1. The molecule has 24 heavy (non-hydrogen) atoms. The third-order valence-electron chi connectivity index (χ3n) is 3.38. The van der Waals surface area contributed by atoms with Crippen molar-refractivity contribution in [3.8, 4) is 17.2 Å². The van der Waals surface area contributed by atoms with E-state index in [1.807, 2.05) is 0 Å². The van der Waals surface area contributed by atoms with Crippen LogP contribution in [0.25, 0.3) is 6.08 Å². The van der Waals surface area contributed by atoms with Gasteiger partial charge in [-0.05, 0) is 24.3 Å². The van der Waals surface area contributed by atoms with E-state index in [2.05, 4.69) is 4.99 Å². The number of hydrogen-bond acceptors (Lipinski definition) is 7. The molecule has 0 bridgehead atoms. The molecule has 1 aliphatic rings. The molecule has 0 unspecified atom stereocenters. The summed E-state index contributed by atoms with van der Waals surface area (Å²) in [5.74, 6) is 1.46. The molecule has 2 heterocycles. The molecule has 0 atom stereocenters. The third-order valence-corrected chi connectivity index (χ3v) is 3.38. The summed E-state index contributed by atoms with van der Waals surface area (Å²) in [5.41, 5.74) is 0.735. The lowest BCUT2D eigenvalue weighted by molar-refractivity contribution is -0.130. The first kappa shape index (κ1) is 15.7. The lowest BCUT2D eigenvalue weighted by Crippen LogP contribution is -2.04. The molecule has 7 nitrogen and oxygen atoms in total. The largest absolute Gasteiger partial charge is 0.496 e. The Balaban J connectivity index is 2.03. The standard InChI is InChI=1S/C17H15NO6/c1-20-13-9-15(22-3)14(21-2)8-10(13)7-11-17(19)24-16(18-11)12-5-4-6-23-12/h4-9H,1-3H3. The number of rotatable bonds is 5. The van der Waals surface area contributed by atoms with E-state index in [4.69, 9.17) is 23.4 Å². The van der Waals surface area contributed by atoms with Gasteiger partial charge in [0, 0.05) is 11.6 Å². The van der Waals surface area contributed by atoms with Gasteiger partial charge in [0.05, 0.1) is 27.6 Å². The van der Waals surface area contributed by atoms with Crippen molar-refractivity contribution >= 4 is 17.9 Å². The molecule has 0 N–H and O–H groups in total. The molecule has 1 aromatic carbocycles. The van der Waals surface area contributed by atoms with Gasteiger partial charge in [-0.1, -0.05) is 0 Å². The number of ether oxygens (including phenoxy) is 4. The van der Waals surface area contributed by atoms with Gasteiger partial charge in [-0.15, -0.1) is 0 Å². The van der Waals surface area contributed by atoms with E-state index in [1.54, 1.807) is 30.3 Å². The van der Waals surface area contributed by atoms with Gasteiger partial charge in [-0.3, -0.25) is 0 Å². The Bertz CT molecular complexity index is 820. The highest BCUT2D eigenvalue weighted by Gasteiger charge is 2.26. The van der Waals surface area contributed by atoms with Crippen molar-refractivity contribution in [1.29, 1.82) is 0 Å². The SMILES string of the molecule is COc1cc(OC)c(OC)cc1C=C1N=C(c2ccco2)OC1=O. The minimum absolute atomic E-state index is 0.121. The number of benzene rings is 1. The highest BCUT2D eigenvalue weighted by atomic mass is 16.6. The molecule has 0 amide bonds. The van der Waals surface area contributed by atoms with E-state index in [-0.39, 0.29) is 11.6 Å². The quantitative estimate of drug-likeness (QED) is 0.620. The van der Waals surface area contributed by atoms with Gasteiger partial charge in [0.2, 0.25) is 0 Å². The first-order valence-electron chi connectivity index (χ1n) is 7.02. The number of methoxy groups -OCH3 is 3. The molecule has 0 saturated carbocycles. The summed E-state index contributed by atoms with van der Waals surface area (Å²) in [6.07, 6.45) is 3.03. The van der Waals surface area contributed by atoms with Crippen LogP contribution >= 0.6 is 0 Å². The fraction of sp³-hybridized carbons (Fsp3) is 0.176. The highest BCUT2D eigenvalue weighted by Crippen LogP contribution is 2.36. The Labute approximate surface area is 138 Å². The lowest BCUT2D eigenvalue weighted by Gasteiger charge is -2.12. The van der Waals surface area contributed by atoms with E-state index < -0.39 is 5.97 Å². The topological polar surface area (TPSA) is 79.5 Å². The fourth-order valence-corrected chi connectivity index (χ4v) is 2.23. The van der Waals surface area contributed by atoms with Crippen molar-refractivity contribution in [1.82, 2.24) is 0 Å². The lowest BCUT2D eigenvalue weighted by atomic mass is 10.1. The van der Waals surface area contributed by atoms with Gasteiger partial charge in [-0.25, -0.2) is 9.79 Å². The number of carbonyl (C=O) groups excluding carboxylic acids is 1. The van der Waals surface area contributed by atoms with Crippen LogP contribution in [0.3, 0.4) is 0 Å². The number of nitrogens with zero attached hydrogens (tertiary/aromatic N) is 1. The maximum atomic E-state index is 12.0. The van der Waals surface area contributed by atoms with Crippen LogP contribution in [-0.2, 0) is 9.53 Å². The van der Waals surface area contributed by atoms with Gasteiger partial charge in [-0.2, -0.15) is 0 Å². The molecule has 0 aliphatic carbocycles. The molecule has 0 spiro atoms. The van der Waals surface area contributed by atoms with E-state index in [0.717, 1.165) is 0 Å². The Morgan fingerprint density at radius 1 is 1.04 bits per heavy atom. The van der Waals surface area contributed by atoms with E-state index in [9.17, 15) is 4.79 Å². The second kappa shape index (κ2) is 6.49. The summed E-state index contributed by atoms with van der Waals surface area (Å²) in [7, 11) is 4.58. The second-order valence-corrected chi connectivity index (χ2v) is 4.76. The van der Waals surface area contributed by atoms with Gasteiger partial charge >= 0.3 is 5.97 Å². The first-order valence-corrected chi connectivity index (χ1v) is 7.02. The number of hydrogen-bond donors (Lipinski definition) is 0. The van der Waals surface area contributed by atoms with Crippen molar-refractivity contribution < 1.29 is 28.2 Å². The zero-order valence-electron chi connectivity index (χ0n) is 13.4. The number of aliphatic imine (C=N–C) groups is 1. The maximum absolute atomic E-state index is 12.0. The average molecular weight is 329 g/mol. The molecule has 3 rings (SSSR count). The summed E-state index contributed by atoms with van der Waals surface area (Å²) in [4.78, 5) is 16.2. The van der Waals surface area contributed by atoms with E-state index >= 15 is 0 Å². The van der Waals surface area contributed by atoms with Crippen LogP contribution in [0.15, 0.2) is 45.6 Å². The van der Waals surface area contributed by atoms with Crippen LogP contribution in [0.4, 0.5) is 0 Å². The van der Waals surface area contributed by atoms with Gasteiger partial charge < -0.3 is 23.4 Å². The molecule has 0 radical (unpaired) electrons. The molecular weight excluding hydrogens is 314 g/mol.